The second-order valence-electron chi connectivity index (χ2n) is 8.15. The van der Waals surface area contributed by atoms with E-state index in [0.29, 0.717) is 35.1 Å². The van der Waals surface area contributed by atoms with E-state index in [9.17, 15) is 14.3 Å². The molecule has 3 aromatic carbocycles. The van der Waals surface area contributed by atoms with Gasteiger partial charge < -0.3 is 19.6 Å². The molecule has 1 atom stereocenters. The third kappa shape index (κ3) is 5.93. The van der Waals surface area contributed by atoms with Crippen LogP contribution in [0.5, 0.6) is 11.5 Å². The third-order valence-corrected chi connectivity index (χ3v) is 6.49. The molecule has 0 aliphatic rings. The number of ether oxygens (including phenoxy) is 2. The van der Waals surface area contributed by atoms with Gasteiger partial charge in [-0.3, -0.25) is 10.1 Å². The number of aromatic amines is 1. The van der Waals surface area contributed by atoms with E-state index in [1.807, 2.05) is 37.4 Å². The molecule has 9 heteroatoms. The van der Waals surface area contributed by atoms with Crippen LogP contribution in [0.15, 0.2) is 60.8 Å². The topological polar surface area (TPSA) is 83.6 Å². The molecule has 4 aromatic rings. The van der Waals surface area contributed by atoms with Crippen LogP contribution in [0.2, 0.25) is 10.0 Å². The number of carboxylic acid groups (broad SMARTS) is 1. The van der Waals surface area contributed by atoms with Gasteiger partial charge >= 0.3 is 5.97 Å². The highest BCUT2D eigenvalue weighted by molar-refractivity contribution is 6.31. The van der Waals surface area contributed by atoms with Gasteiger partial charge in [0.25, 0.3) is 0 Å². The Morgan fingerprint density at radius 1 is 1.06 bits per heavy atom. The minimum Gasteiger partial charge on any atom is -0.490 e. The molecular weight excluding hydrogens is 506 g/mol. The summed E-state index contributed by atoms with van der Waals surface area (Å²) in [5.74, 6) is -0.696. The number of halogens is 3. The van der Waals surface area contributed by atoms with E-state index in [4.69, 9.17) is 32.7 Å². The average Bonchev–Trinajstić information content (AvgIpc) is 3.26. The molecule has 36 heavy (non-hydrogen) atoms. The van der Waals surface area contributed by atoms with E-state index < -0.39 is 17.8 Å². The van der Waals surface area contributed by atoms with Crippen LogP contribution in [0, 0.1) is 5.82 Å². The monoisotopic (exact) mass is 530 g/mol. The number of hydrogen-bond donors (Lipinski definition) is 3. The number of hydrogen-bond acceptors (Lipinski definition) is 4. The largest absolute Gasteiger partial charge is 0.490 e. The number of carbonyl (C=O) groups is 1. The van der Waals surface area contributed by atoms with E-state index in [0.717, 1.165) is 16.5 Å². The number of nitrogens with one attached hydrogen (secondary N) is 2. The first-order valence-corrected chi connectivity index (χ1v) is 12.1. The Bertz CT molecular complexity index is 1360. The van der Waals surface area contributed by atoms with Gasteiger partial charge in [0.2, 0.25) is 0 Å². The summed E-state index contributed by atoms with van der Waals surface area (Å²) < 4.78 is 25.6. The molecule has 0 aliphatic heterocycles. The van der Waals surface area contributed by atoms with E-state index in [2.05, 4.69) is 10.3 Å². The highest BCUT2D eigenvalue weighted by Gasteiger charge is 2.21. The van der Waals surface area contributed by atoms with Crippen LogP contribution in [0.25, 0.3) is 10.9 Å². The average molecular weight is 531 g/mol. The molecule has 0 amide bonds. The summed E-state index contributed by atoms with van der Waals surface area (Å²) in [5, 5.41) is 14.5. The summed E-state index contributed by atoms with van der Waals surface area (Å²) in [6.07, 6.45) is 2.12. The third-order valence-electron chi connectivity index (χ3n) is 5.78. The molecule has 1 unspecified atom stereocenters. The van der Waals surface area contributed by atoms with Gasteiger partial charge in [0.15, 0.2) is 11.5 Å². The highest BCUT2D eigenvalue weighted by atomic mass is 35.5. The fraction of sp³-hybridized carbons (Fsp3) is 0.222. The Labute approximate surface area is 217 Å². The number of para-hydroxylation sites is 1. The Balaban J connectivity index is 1.49. The van der Waals surface area contributed by atoms with E-state index in [1.165, 1.54) is 12.1 Å². The summed E-state index contributed by atoms with van der Waals surface area (Å²) in [4.78, 5) is 15.1. The molecule has 3 N–H and O–H groups in total. The number of fused-ring (bicyclic) bond motifs is 1. The molecule has 0 bridgehead atoms. The first-order chi connectivity index (χ1) is 17.4. The van der Waals surface area contributed by atoms with Crippen LogP contribution >= 0.6 is 23.2 Å². The van der Waals surface area contributed by atoms with Crippen LogP contribution in [0.3, 0.4) is 0 Å². The number of rotatable bonds is 11. The standard InChI is InChI=1S/C27H25Cl2FN2O4/c1-2-35-25-11-17(21(29)12-26(25)36-15-19-20(28)7-5-8-22(19)30)14-32-24(27(33)34)10-16-13-31-23-9-4-3-6-18(16)23/h3-9,11-13,24,31-32H,2,10,14-15H2,1H3,(H,33,34). The van der Waals surface area contributed by atoms with Gasteiger partial charge in [-0.2, -0.15) is 0 Å². The number of H-pyrrole nitrogens is 1. The van der Waals surface area contributed by atoms with Crippen LogP contribution < -0.4 is 14.8 Å². The van der Waals surface area contributed by atoms with Gasteiger partial charge in [-0.05, 0) is 42.3 Å². The van der Waals surface area contributed by atoms with Gasteiger partial charge in [-0.1, -0.05) is 47.5 Å². The van der Waals surface area contributed by atoms with Crippen molar-refractivity contribution in [3.63, 3.8) is 0 Å². The van der Waals surface area contributed by atoms with E-state index >= 15 is 0 Å². The van der Waals surface area contributed by atoms with Crippen molar-refractivity contribution in [2.75, 3.05) is 6.61 Å². The van der Waals surface area contributed by atoms with Crippen LogP contribution in [-0.2, 0) is 24.4 Å². The van der Waals surface area contributed by atoms with Crippen molar-refractivity contribution in [1.82, 2.24) is 10.3 Å². The van der Waals surface area contributed by atoms with Crippen molar-refractivity contribution in [3.8, 4) is 11.5 Å². The van der Waals surface area contributed by atoms with Gasteiger partial charge in [-0.25, -0.2) is 4.39 Å². The number of benzene rings is 3. The van der Waals surface area contributed by atoms with Gasteiger partial charge in [0.1, 0.15) is 18.5 Å². The lowest BCUT2D eigenvalue weighted by atomic mass is 10.0. The summed E-state index contributed by atoms with van der Waals surface area (Å²) in [6.45, 7) is 2.28. The predicted molar refractivity (Wildman–Crippen MR) is 139 cm³/mol. The molecule has 188 valence electrons. The zero-order chi connectivity index (χ0) is 25.7. The molecule has 0 aliphatic carbocycles. The molecule has 4 rings (SSSR count). The summed E-state index contributed by atoms with van der Waals surface area (Å²) in [7, 11) is 0. The molecule has 1 aromatic heterocycles. The van der Waals surface area contributed by atoms with Gasteiger partial charge in [0, 0.05) is 46.7 Å². The van der Waals surface area contributed by atoms with E-state index in [1.54, 1.807) is 18.2 Å². The van der Waals surface area contributed by atoms with Gasteiger partial charge in [0.05, 0.1) is 11.6 Å². The van der Waals surface area contributed by atoms with Gasteiger partial charge in [-0.15, -0.1) is 0 Å². The lowest BCUT2D eigenvalue weighted by Crippen LogP contribution is -2.38. The molecular formula is C27H25Cl2FN2O4. The van der Waals surface area contributed by atoms with Crippen LogP contribution in [0.1, 0.15) is 23.6 Å². The maximum absolute atomic E-state index is 14.1. The SMILES string of the molecule is CCOc1cc(CNC(Cc2c[nH]c3ccccc23)C(=O)O)c(Cl)cc1OCc1c(F)cccc1Cl. The smallest absolute Gasteiger partial charge is 0.321 e. The minimum absolute atomic E-state index is 0.106. The molecule has 0 spiro atoms. The van der Waals surface area contributed by atoms with Crippen LogP contribution in [0.4, 0.5) is 4.39 Å². The number of carboxylic acids is 1. The number of aromatic nitrogens is 1. The molecule has 1 heterocycles. The van der Waals surface area contributed by atoms with Crippen molar-refractivity contribution in [2.45, 2.75) is 32.5 Å². The Hall–Kier alpha value is -3.26. The second-order valence-corrected chi connectivity index (χ2v) is 8.96. The predicted octanol–water partition coefficient (Wildman–Crippen LogP) is 6.38. The van der Waals surface area contributed by atoms with Crippen molar-refractivity contribution in [1.29, 1.82) is 0 Å². The zero-order valence-electron chi connectivity index (χ0n) is 19.5. The minimum atomic E-state index is -0.969. The fourth-order valence-corrected chi connectivity index (χ4v) is 4.35. The number of aliphatic carboxylic acids is 1. The lowest BCUT2D eigenvalue weighted by Gasteiger charge is -2.18. The molecule has 0 fully saturated rings. The van der Waals surface area contributed by atoms with E-state index in [-0.39, 0.29) is 23.7 Å². The summed E-state index contributed by atoms with van der Waals surface area (Å²) in [6, 6.07) is 14.6. The first-order valence-electron chi connectivity index (χ1n) is 11.4. The zero-order valence-corrected chi connectivity index (χ0v) is 21.0. The maximum Gasteiger partial charge on any atom is 0.321 e. The maximum atomic E-state index is 14.1. The first kappa shape index (κ1) is 25.8. The normalized spacial score (nSPS) is 12.0. The Kier molecular flexibility index (Phi) is 8.36. The lowest BCUT2D eigenvalue weighted by molar-refractivity contribution is -0.139. The van der Waals surface area contributed by atoms with Crippen LogP contribution in [-0.4, -0.2) is 28.7 Å². The highest BCUT2D eigenvalue weighted by Crippen LogP contribution is 2.35. The molecule has 0 saturated carbocycles. The Morgan fingerprint density at radius 2 is 1.83 bits per heavy atom. The molecule has 0 saturated heterocycles. The quantitative estimate of drug-likeness (QED) is 0.209. The van der Waals surface area contributed by atoms with Crippen molar-refractivity contribution in [3.05, 3.63) is 93.3 Å². The molecule has 0 radical (unpaired) electrons. The second kappa shape index (κ2) is 11.6. The van der Waals surface area contributed by atoms with Crippen molar-refractivity contribution < 1.29 is 23.8 Å². The fourth-order valence-electron chi connectivity index (χ4n) is 3.91. The summed E-state index contributed by atoms with van der Waals surface area (Å²) in [5.41, 5.74) is 2.72. The Morgan fingerprint density at radius 3 is 2.58 bits per heavy atom. The van der Waals surface area contributed by atoms with Crippen molar-refractivity contribution >= 4 is 40.1 Å². The molecule has 6 nitrogen and oxygen atoms in total. The summed E-state index contributed by atoms with van der Waals surface area (Å²) >= 11 is 12.6. The van der Waals surface area contributed by atoms with Crippen molar-refractivity contribution in [2.24, 2.45) is 0 Å².